The first-order valence-corrected chi connectivity index (χ1v) is 6.39. The molecule has 0 saturated carbocycles. The number of hydrazine groups is 1. The van der Waals surface area contributed by atoms with Crippen LogP contribution < -0.4 is 16.0 Å². The Morgan fingerprint density at radius 2 is 2.28 bits per heavy atom. The van der Waals surface area contributed by atoms with Crippen LogP contribution in [0.1, 0.15) is 32.3 Å². The molecule has 3 N–H and O–H groups in total. The van der Waals surface area contributed by atoms with E-state index in [-0.39, 0.29) is 12.0 Å². The Labute approximate surface area is 112 Å². The van der Waals surface area contributed by atoms with E-state index in [1.807, 2.05) is 32.0 Å². The van der Waals surface area contributed by atoms with Crippen molar-refractivity contribution in [2.24, 2.45) is 5.84 Å². The van der Waals surface area contributed by atoms with Gasteiger partial charge >= 0.3 is 0 Å². The molecule has 18 heavy (non-hydrogen) atoms. The van der Waals surface area contributed by atoms with Crippen LogP contribution in [0.3, 0.4) is 0 Å². The molecule has 1 unspecified atom stereocenters. The summed E-state index contributed by atoms with van der Waals surface area (Å²) < 4.78 is 5.73. The van der Waals surface area contributed by atoms with E-state index in [1.54, 1.807) is 0 Å². The zero-order valence-corrected chi connectivity index (χ0v) is 11.5. The number of ether oxygens (including phenoxy) is 1. The van der Waals surface area contributed by atoms with E-state index in [4.69, 9.17) is 22.2 Å². The molecule has 0 heterocycles. The maximum atomic E-state index is 11.0. The zero-order valence-electron chi connectivity index (χ0n) is 10.7. The number of halogens is 1. The lowest BCUT2D eigenvalue weighted by Gasteiger charge is -2.15. The fraction of sp³-hybridized carbons (Fsp3) is 0.462. The molecule has 1 aromatic carbocycles. The fourth-order valence-corrected chi connectivity index (χ4v) is 1.84. The molecule has 1 rings (SSSR count). The van der Waals surface area contributed by atoms with E-state index in [9.17, 15) is 4.79 Å². The minimum absolute atomic E-state index is 0.0480. The standard InChI is InChI=1S/C13H19ClN2O2/c1-3-10-8-11(5-6-12(10)14)18-9(2)4-7-13(17)16-15/h5-6,8-9H,3-4,7,15H2,1-2H3,(H,16,17). The molecule has 1 atom stereocenters. The van der Waals surface area contributed by atoms with Crippen molar-refractivity contribution in [3.05, 3.63) is 28.8 Å². The van der Waals surface area contributed by atoms with Gasteiger partial charge in [0.05, 0.1) is 6.10 Å². The average molecular weight is 271 g/mol. The second-order valence-corrected chi connectivity index (χ2v) is 4.55. The van der Waals surface area contributed by atoms with Gasteiger partial charge in [-0.3, -0.25) is 10.2 Å². The molecule has 0 aliphatic heterocycles. The van der Waals surface area contributed by atoms with E-state index in [1.165, 1.54) is 0 Å². The summed E-state index contributed by atoms with van der Waals surface area (Å²) in [6.45, 7) is 3.96. The summed E-state index contributed by atoms with van der Waals surface area (Å²) in [5, 5.41) is 0.750. The molecule has 1 aromatic rings. The Kier molecular flexibility index (Phi) is 5.95. The number of carbonyl (C=O) groups excluding carboxylic acids is 1. The van der Waals surface area contributed by atoms with Crippen LogP contribution in [0.5, 0.6) is 5.75 Å². The van der Waals surface area contributed by atoms with Gasteiger partial charge in [-0.25, -0.2) is 5.84 Å². The number of rotatable bonds is 6. The molecular weight excluding hydrogens is 252 g/mol. The second kappa shape index (κ2) is 7.24. The Balaban J connectivity index is 2.53. The number of carbonyl (C=O) groups is 1. The largest absolute Gasteiger partial charge is 0.491 e. The summed E-state index contributed by atoms with van der Waals surface area (Å²) in [5.41, 5.74) is 3.15. The predicted molar refractivity (Wildman–Crippen MR) is 72.5 cm³/mol. The van der Waals surface area contributed by atoms with Crippen molar-refractivity contribution < 1.29 is 9.53 Å². The van der Waals surface area contributed by atoms with Crippen molar-refractivity contribution >= 4 is 17.5 Å². The molecule has 0 aromatic heterocycles. The average Bonchev–Trinajstić information content (AvgIpc) is 2.38. The van der Waals surface area contributed by atoms with Crippen LogP contribution in [-0.4, -0.2) is 12.0 Å². The number of aryl methyl sites for hydroxylation is 1. The van der Waals surface area contributed by atoms with Crippen molar-refractivity contribution in [1.29, 1.82) is 0 Å². The summed E-state index contributed by atoms with van der Waals surface area (Å²) in [4.78, 5) is 11.0. The molecule has 0 saturated heterocycles. The van der Waals surface area contributed by atoms with Crippen molar-refractivity contribution in [3.8, 4) is 5.75 Å². The van der Waals surface area contributed by atoms with Gasteiger partial charge in [-0.05, 0) is 43.5 Å². The zero-order chi connectivity index (χ0) is 13.5. The van der Waals surface area contributed by atoms with E-state index in [0.717, 1.165) is 22.8 Å². The van der Waals surface area contributed by atoms with E-state index < -0.39 is 0 Å². The molecule has 0 fully saturated rings. The van der Waals surface area contributed by atoms with Gasteiger partial charge in [0.15, 0.2) is 0 Å². The Morgan fingerprint density at radius 3 is 2.89 bits per heavy atom. The summed E-state index contributed by atoms with van der Waals surface area (Å²) >= 11 is 6.03. The van der Waals surface area contributed by atoms with Gasteiger partial charge in [-0.1, -0.05) is 18.5 Å². The van der Waals surface area contributed by atoms with Gasteiger partial charge in [0.25, 0.3) is 0 Å². The van der Waals surface area contributed by atoms with Gasteiger partial charge in [-0.2, -0.15) is 0 Å². The highest BCUT2D eigenvalue weighted by atomic mass is 35.5. The Morgan fingerprint density at radius 1 is 1.56 bits per heavy atom. The minimum atomic E-state index is -0.184. The molecule has 0 radical (unpaired) electrons. The third-order valence-electron chi connectivity index (χ3n) is 2.67. The highest BCUT2D eigenvalue weighted by Gasteiger charge is 2.08. The van der Waals surface area contributed by atoms with Crippen molar-refractivity contribution in [2.45, 2.75) is 39.2 Å². The van der Waals surface area contributed by atoms with Crippen LogP contribution in [0.15, 0.2) is 18.2 Å². The predicted octanol–water partition coefficient (Wildman–Crippen LogP) is 2.44. The normalized spacial score (nSPS) is 12.0. The Hall–Kier alpha value is -1.26. The minimum Gasteiger partial charge on any atom is -0.491 e. The first-order chi connectivity index (χ1) is 8.56. The van der Waals surface area contributed by atoms with Crippen LogP contribution in [0.2, 0.25) is 5.02 Å². The highest BCUT2D eigenvalue weighted by molar-refractivity contribution is 6.31. The summed E-state index contributed by atoms with van der Waals surface area (Å²) in [5.74, 6) is 5.60. The first-order valence-electron chi connectivity index (χ1n) is 6.01. The summed E-state index contributed by atoms with van der Waals surface area (Å²) in [6.07, 6.45) is 1.78. The molecule has 1 amide bonds. The molecule has 4 nitrogen and oxygen atoms in total. The number of hydrogen-bond donors (Lipinski definition) is 2. The van der Waals surface area contributed by atoms with Crippen molar-refractivity contribution in [1.82, 2.24) is 5.43 Å². The number of hydrogen-bond acceptors (Lipinski definition) is 3. The van der Waals surface area contributed by atoms with Crippen molar-refractivity contribution in [3.63, 3.8) is 0 Å². The number of amides is 1. The lowest BCUT2D eigenvalue weighted by Crippen LogP contribution is -2.30. The maximum absolute atomic E-state index is 11.0. The van der Waals surface area contributed by atoms with Crippen LogP contribution in [-0.2, 0) is 11.2 Å². The third-order valence-corrected chi connectivity index (χ3v) is 3.04. The molecular formula is C13H19ClN2O2. The summed E-state index contributed by atoms with van der Waals surface area (Å²) in [6, 6.07) is 5.60. The van der Waals surface area contributed by atoms with Crippen LogP contribution in [0.4, 0.5) is 0 Å². The molecule has 100 valence electrons. The number of nitrogens with two attached hydrogens (primary N) is 1. The van der Waals surface area contributed by atoms with E-state index in [2.05, 4.69) is 5.43 Å². The first kappa shape index (κ1) is 14.8. The quantitative estimate of drug-likeness (QED) is 0.474. The molecule has 5 heteroatoms. The van der Waals surface area contributed by atoms with Gasteiger partial charge in [0, 0.05) is 11.4 Å². The topological polar surface area (TPSA) is 64.3 Å². The Bertz CT molecular complexity index is 410. The smallest absolute Gasteiger partial charge is 0.234 e. The van der Waals surface area contributed by atoms with Gasteiger partial charge in [-0.15, -0.1) is 0 Å². The summed E-state index contributed by atoms with van der Waals surface area (Å²) in [7, 11) is 0. The number of benzene rings is 1. The lowest BCUT2D eigenvalue weighted by molar-refractivity contribution is -0.121. The van der Waals surface area contributed by atoms with Crippen LogP contribution >= 0.6 is 11.6 Å². The van der Waals surface area contributed by atoms with Gasteiger partial charge < -0.3 is 4.74 Å². The SMILES string of the molecule is CCc1cc(OC(C)CCC(=O)NN)ccc1Cl. The third kappa shape index (κ3) is 4.55. The van der Waals surface area contributed by atoms with Crippen molar-refractivity contribution in [2.75, 3.05) is 0 Å². The van der Waals surface area contributed by atoms with Gasteiger partial charge in [0.1, 0.15) is 5.75 Å². The van der Waals surface area contributed by atoms with Crippen LogP contribution in [0.25, 0.3) is 0 Å². The molecule has 0 aliphatic carbocycles. The van der Waals surface area contributed by atoms with Crippen LogP contribution in [0, 0.1) is 0 Å². The maximum Gasteiger partial charge on any atom is 0.234 e. The second-order valence-electron chi connectivity index (χ2n) is 4.14. The number of nitrogens with one attached hydrogen (secondary N) is 1. The molecule has 0 aliphatic rings. The highest BCUT2D eigenvalue weighted by Crippen LogP contribution is 2.23. The fourth-order valence-electron chi connectivity index (χ4n) is 1.59. The monoisotopic (exact) mass is 270 g/mol. The lowest BCUT2D eigenvalue weighted by atomic mass is 10.1. The molecule has 0 bridgehead atoms. The molecule has 0 spiro atoms. The van der Waals surface area contributed by atoms with Gasteiger partial charge in [0.2, 0.25) is 5.91 Å². The van der Waals surface area contributed by atoms with E-state index >= 15 is 0 Å². The van der Waals surface area contributed by atoms with E-state index in [0.29, 0.717) is 12.8 Å².